The van der Waals surface area contributed by atoms with E-state index in [-0.39, 0.29) is 17.2 Å². The maximum atomic E-state index is 12.0. The van der Waals surface area contributed by atoms with Gasteiger partial charge >= 0.3 is 0 Å². The van der Waals surface area contributed by atoms with E-state index in [0.29, 0.717) is 22.5 Å². The second-order valence-corrected chi connectivity index (χ2v) is 7.69. The molecule has 3 rings (SSSR count). The number of rotatable bonds is 7. The van der Waals surface area contributed by atoms with Gasteiger partial charge in [0.25, 0.3) is 5.91 Å². The molecule has 0 aliphatic rings. The van der Waals surface area contributed by atoms with E-state index in [1.807, 2.05) is 13.8 Å². The van der Waals surface area contributed by atoms with Gasteiger partial charge in [0, 0.05) is 17.1 Å². The molecule has 0 fully saturated rings. The number of aryl methyl sites for hydroxylation is 2. The van der Waals surface area contributed by atoms with Crippen LogP contribution in [0.3, 0.4) is 0 Å². The lowest BCUT2D eigenvalue weighted by molar-refractivity contribution is -0.120. The van der Waals surface area contributed by atoms with Gasteiger partial charge in [-0.3, -0.25) is 9.59 Å². The van der Waals surface area contributed by atoms with Crippen LogP contribution in [-0.2, 0) is 4.79 Å². The lowest BCUT2D eigenvalue weighted by Gasteiger charge is -2.20. The minimum absolute atomic E-state index is 0.136. The van der Waals surface area contributed by atoms with Crippen molar-refractivity contribution in [3.8, 4) is 5.75 Å². The lowest BCUT2D eigenvalue weighted by Crippen LogP contribution is -2.25. The Morgan fingerprint density at radius 2 is 2.04 bits per heavy atom. The van der Waals surface area contributed by atoms with Gasteiger partial charge in [0.2, 0.25) is 5.91 Å². The molecular formula is C19H21N3O5S. The summed E-state index contributed by atoms with van der Waals surface area (Å²) in [6.07, 6.45) is 1.34. The molecule has 2 heterocycles. The number of primary amides is 2. The van der Waals surface area contributed by atoms with Crippen LogP contribution in [0.5, 0.6) is 5.75 Å². The third-order valence-corrected chi connectivity index (χ3v) is 5.57. The fraction of sp³-hybridized carbons (Fsp3) is 0.316. The minimum atomic E-state index is -1.09. The number of nitrogens with two attached hydrogens (primary N) is 2. The van der Waals surface area contributed by atoms with Crippen LogP contribution in [0.4, 0.5) is 0 Å². The molecule has 0 spiro atoms. The van der Waals surface area contributed by atoms with Crippen LogP contribution in [0.25, 0.3) is 11.0 Å². The van der Waals surface area contributed by atoms with Crippen molar-refractivity contribution < 1.29 is 23.8 Å². The molecule has 9 heteroatoms. The monoisotopic (exact) mass is 403 g/mol. The largest absolute Gasteiger partial charge is 0.485 e. The van der Waals surface area contributed by atoms with Gasteiger partial charge in [0.05, 0.1) is 28.0 Å². The Morgan fingerprint density at radius 1 is 1.32 bits per heavy atom. The average molecular weight is 403 g/mol. The molecule has 3 aromatic rings. The zero-order chi connectivity index (χ0) is 20.6. The van der Waals surface area contributed by atoms with Crippen molar-refractivity contribution in [1.29, 1.82) is 0 Å². The zero-order valence-electron chi connectivity index (χ0n) is 15.7. The van der Waals surface area contributed by atoms with E-state index in [0.717, 1.165) is 9.88 Å². The molecule has 0 radical (unpaired) electrons. The summed E-state index contributed by atoms with van der Waals surface area (Å²) in [5, 5.41) is 11.0. The van der Waals surface area contributed by atoms with Crippen LogP contribution >= 0.6 is 11.3 Å². The van der Waals surface area contributed by atoms with Crippen molar-refractivity contribution in [1.82, 2.24) is 4.98 Å². The molecule has 8 nitrogen and oxygen atoms in total. The van der Waals surface area contributed by atoms with Crippen molar-refractivity contribution in [3.63, 3.8) is 0 Å². The number of furan rings is 1. The number of thiazole rings is 1. The predicted octanol–water partition coefficient (Wildman–Crippen LogP) is 2.31. The SMILES string of the molecule is Cc1ncc(C(C)Oc2ccc3oc(C)c(C(N)=O)c3c2C(CO)C(N)=O)s1. The van der Waals surface area contributed by atoms with Crippen LogP contribution in [0.15, 0.2) is 22.7 Å². The van der Waals surface area contributed by atoms with E-state index in [4.69, 9.17) is 20.6 Å². The third kappa shape index (κ3) is 3.46. The zero-order valence-corrected chi connectivity index (χ0v) is 16.5. The first-order valence-corrected chi connectivity index (χ1v) is 9.41. The first kappa shape index (κ1) is 19.8. The number of ether oxygens (including phenoxy) is 1. The van der Waals surface area contributed by atoms with Crippen LogP contribution in [0.1, 0.15) is 50.5 Å². The fourth-order valence-corrected chi connectivity index (χ4v) is 3.96. The molecule has 5 N–H and O–H groups in total. The van der Waals surface area contributed by atoms with Gasteiger partial charge < -0.3 is 25.7 Å². The molecule has 0 bridgehead atoms. The lowest BCUT2D eigenvalue weighted by atomic mass is 9.92. The van der Waals surface area contributed by atoms with E-state index in [1.165, 1.54) is 11.3 Å². The van der Waals surface area contributed by atoms with Crippen LogP contribution in [-0.4, -0.2) is 28.5 Å². The summed E-state index contributed by atoms with van der Waals surface area (Å²) in [7, 11) is 0. The Morgan fingerprint density at radius 3 is 2.57 bits per heavy atom. The number of carbonyl (C=O) groups excluding carboxylic acids is 2. The molecule has 2 amide bonds. The topological polar surface area (TPSA) is 142 Å². The number of hydrogen-bond donors (Lipinski definition) is 3. The summed E-state index contributed by atoms with van der Waals surface area (Å²) in [5.41, 5.74) is 11.8. The van der Waals surface area contributed by atoms with Gasteiger partial charge in [-0.2, -0.15) is 0 Å². The number of carbonyl (C=O) groups is 2. The standard InChI is InChI=1S/C19H21N3O5S/c1-8(14-6-22-10(3)28-14)26-12-4-5-13-17(15(19(21)25)9(2)27-13)16(12)11(7-23)18(20)24/h4-6,8,11,23H,7H2,1-3H3,(H2,20,24)(H2,21,25). The highest BCUT2D eigenvalue weighted by Gasteiger charge is 2.30. The number of nitrogens with zero attached hydrogens (tertiary/aromatic N) is 1. The Hall–Kier alpha value is -2.91. The number of aromatic nitrogens is 1. The van der Waals surface area contributed by atoms with Crippen molar-refractivity contribution >= 4 is 34.1 Å². The molecule has 2 aromatic heterocycles. The molecule has 0 aliphatic heterocycles. The molecule has 2 unspecified atom stereocenters. The quantitative estimate of drug-likeness (QED) is 0.552. The Labute approximate surface area is 165 Å². The van der Waals surface area contributed by atoms with E-state index < -0.39 is 24.3 Å². The maximum Gasteiger partial charge on any atom is 0.252 e. The first-order valence-electron chi connectivity index (χ1n) is 8.59. The molecule has 1 aromatic carbocycles. The molecule has 148 valence electrons. The Bertz CT molecular complexity index is 1060. The number of aliphatic hydroxyl groups excluding tert-OH is 1. The van der Waals surface area contributed by atoms with E-state index in [9.17, 15) is 14.7 Å². The van der Waals surface area contributed by atoms with E-state index in [2.05, 4.69) is 4.98 Å². The van der Waals surface area contributed by atoms with Gasteiger partial charge in [0.15, 0.2) is 0 Å². The van der Waals surface area contributed by atoms with Crippen LogP contribution < -0.4 is 16.2 Å². The highest BCUT2D eigenvalue weighted by Crippen LogP contribution is 2.40. The summed E-state index contributed by atoms with van der Waals surface area (Å²) in [5.74, 6) is -1.93. The number of fused-ring (bicyclic) bond motifs is 1. The molecule has 2 atom stereocenters. The van der Waals surface area contributed by atoms with E-state index >= 15 is 0 Å². The van der Waals surface area contributed by atoms with Crippen molar-refractivity contribution in [2.75, 3.05) is 6.61 Å². The van der Waals surface area contributed by atoms with Crippen LogP contribution in [0, 0.1) is 13.8 Å². The number of amides is 2. The van der Waals surface area contributed by atoms with Crippen molar-refractivity contribution in [3.05, 3.63) is 45.1 Å². The fourth-order valence-electron chi connectivity index (χ4n) is 3.20. The van der Waals surface area contributed by atoms with Gasteiger partial charge in [-0.15, -0.1) is 11.3 Å². The Balaban J connectivity index is 2.22. The van der Waals surface area contributed by atoms with Crippen LogP contribution in [0.2, 0.25) is 0 Å². The maximum absolute atomic E-state index is 12.0. The highest BCUT2D eigenvalue weighted by atomic mass is 32.1. The van der Waals surface area contributed by atoms with Crippen molar-refractivity contribution in [2.24, 2.45) is 11.5 Å². The highest BCUT2D eigenvalue weighted by molar-refractivity contribution is 7.11. The molecular weight excluding hydrogens is 382 g/mol. The number of benzene rings is 1. The first-order chi connectivity index (χ1) is 13.2. The summed E-state index contributed by atoms with van der Waals surface area (Å²) < 4.78 is 11.7. The predicted molar refractivity (Wildman–Crippen MR) is 104 cm³/mol. The minimum Gasteiger partial charge on any atom is -0.485 e. The summed E-state index contributed by atoms with van der Waals surface area (Å²) in [4.78, 5) is 29.2. The number of aliphatic hydroxyl groups is 1. The second kappa shape index (κ2) is 7.61. The second-order valence-electron chi connectivity index (χ2n) is 6.43. The summed E-state index contributed by atoms with van der Waals surface area (Å²) in [6.45, 7) is 4.78. The summed E-state index contributed by atoms with van der Waals surface area (Å²) >= 11 is 1.49. The molecule has 28 heavy (non-hydrogen) atoms. The smallest absolute Gasteiger partial charge is 0.252 e. The van der Waals surface area contributed by atoms with Crippen molar-refractivity contribution in [2.45, 2.75) is 32.8 Å². The third-order valence-electron chi connectivity index (χ3n) is 4.50. The summed E-state index contributed by atoms with van der Waals surface area (Å²) in [6, 6.07) is 3.26. The molecule has 0 saturated carbocycles. The van der Waals surface area contributed by atoms with Gasteiger partial charge in [0.1, 0.15) is 23.2 Å². The molecule has 0 aliphatic carbocycles. The normalized spacial score (nSPS) is 13.4. The van der Waals surface area contributed by atoms with Gasteiger partial charge in [-0.25, -0.2) is 4.98 Å². The number of hydrogen-bond acceptors (Lipinski definition) is 7. The van der Waals surface area contributed by atoms with E-state index in [1.54, 1.807) is 25.3 Å². The van der Waals surface area contributed by atoms with Gasteiger partial charge in [-0.05, 0) is 32.9 Å². The molecule has 0 saturated heterocycles. The average Bonchev–Trinajstić information content (AvgIpc) is 3.19. The van der Waals surface area contributed by atoms with Gasteiger partial charge in [-0.1, -0.05) is 0 Å². The Kier molecular flexibility index (Phi) is 5.39.